The second kappa shape index (κ2) is 12.6. The van der Waals surface area contributed by atoms with E-state index < -0.39 is 0 Å². The van der Waals surface area contributed by atoms with Gasteiger partial charge in [0.05, 0.1) is 33.5 Å². The normalized spacial score (nSPS) is 11.6. The van der Waals surface area contributed by atoms with Crippen LogP contribution in [0.15, 0.2) is 194 Å². The zero-order valence-corrected chi connectivity index (χ0v) is 29.8. The molecule has 4 nitrogen and oxygen atoms in total. The molecule has 0 bridgehead atoms. The monoisotopic (exact) mass is 700 g/mol. The molecular formula is C51H32N4. The molecule has 11 aromatic rings. The zero-order valence-electron chi connectivity index (χ0n) is 29.8. The molecule has 4 heteroatoms. The summed E-state index contributed by atoms with van der Waals surface area (Å²) in [5, 5.41) is 6.95. The van der Waals surface area contributed by atoms with Crippen molar-refractivity contribution < 1.29 is 0 Å². The Labute approximate surface area is 317 Å². The van der Waals surface area contributed by atoms with Crippen LogP contribution in [-0.4, -0.2) is 19.5 Å². The van der Waals surface area contributed by atoms with E-state index in [0.29, 0.717) is 5.82 Å². The highest BCUT2D eigenvalue weighted by Gasteiger charge is 2.20. The molecule has 8 aromatic carbocycles. The van der Waals surface area contributed by atoms with Crippen molar-refractivity contribution >= 4 is 54.4 Å². The lowest BCUT2D eigenvalue weighted by Crippen LogP contribution is -1.98. The smallest absolute Gasteiger partial charge is 0.160 e. The van der Waals surface area contributed by atoms with Gasteiger partial charge in [-0.1, -0.05) is 158 Å². The first-order chi connectivity index (χ1) is 27.3. The lowest BCUT2D eigenvalue weighted by molar-refractivity contribution is 1.17. The van der Waals surface area contributed by atoms with Crippen molar-refractivity contribution in [3.05, 3.63) is 194 Å². The highest BCUT2D eigenvalue weighted by atomic mass is 15.0. The molecule has 0 amide bonds. The maximum Gasteiger partial charge on any atom is 0.160 e. The molecule has 0 aliphatic heterocycles. The maximum atomic E-state index is 5.28. The summed E-state index contributed by atoms with van der Waals surface area (Å²) < 4.78 is 2.38. The van der Waals surface area contributed by atoms with Crippen LogP contribution < -0.4 is 0 Å². The van der Waals surface area contributed by atoms with Crippen molar-refractivity contribution in [3.63, 3.8) is 0 Å². The Hall–Kier alpha value is -7.43. The molecule has 0 fully saturated rings. The third-order valence-corrected chi connectivity index (χ3v) is 10.8. The lowest BCUT2D eigenvalue weighted by Gasteiger charge is -2.13. The van der Waals surface area contributed by atoms with Crippen molar-refractivity contribution in [2.24, 2.45) is 0 Å². The highest BCUT2D eigenvalue weighted by Crippen LogP contribution is 2.42. The number of aromatic nitrogens is 4. The third kappa shape index (κ3) is 5.11. The fraction of sp³-hybridized carbons (Fsp3) is 0. The predicted molar refractivity (Wildman–Crippen MR) is 228 cm³/mol. The van der Waals surface area contributed by atoms with Gasteiger partial charge in [0.25, 0.3) is 0 Å². The Balaban J connectivity index is 1.11. The van der Waals surface area contributed by atoms with Gasteiger partial charge in [0.15, 0.2) is 5.82 Å². The first-order valence-electron chi connectivity index (χ1n) is 18.6. The Morgan fingerprint density at radius 3 is 1.65 bits per heavy atom. The van der Waals surface area contributed by atoms with E-state index in [-0.39, 0.29) is 0 Å². The minimum atomic E-state index is 0.693. The highest BCUT2D eigenvalue weighted by molar-refractivity contribution is 6.29. The van der Waals surface area contributed by atoms with Crippen LogP contribution in [0.5, 0.6) is 0 Å². The molecule has 55 heavy (non-hydrogen) atoms. The second-order valence-electron chi connectivity index (χ2n) is 14.0. The van der Waals surface area contributed by atoms with Crippen molar-refractivity contribution in [3.8, 4) is 50.7 Å². The van der Waals surface area contributed by atoms with Crippen LogP contribution in [0.3, 0.4) is 0 Å². The molecule has 0 spiro atoms. The lowest BCUT2D eigenvalue weighted by atomic mass is 9.96. The van der Waals surface area contributed by atoms with E-state index in [2.05, 4.69) is 187 Å². The van der Waals surface area contributed by atoms with Crippen molar-refractivity contribution in [2.75, 3.05) is 0 Å². The first kappa shape index (κ1) is 31.1. The summed E-state index contributed by atoms with van der Waals surface area (Å²) in [7, 11) is 0. The fourth-order valence-electron chi connectivity index (χ4n) is 8.26. The van der Waals surface area contributed by atoms with E-state index in [1.54, 1.807) is 0 Å². The Morgan fingerprint density at radius 1 is 0.309 bits per heavy atom. The molecular weight excluding hydrogens is 669 g/mol. The molecule has 0 atom stereocenters. The van der Waals surface area contributed by atoms with Gasteiger partial charge in [-0.05, 0) is 47.5 Å². The number of rotatable bonds is 5. The van der Waals surface area contributed by atoms with Crippen LogP contribution in [0, 0.1) is 0 Å². The van der Waals surface area contributed by atoms with E-state index in [9.17, 15) is 0 Å². The number of hydrogen-bond acceptors (Lipinski definition) is 3. The van der Waals surface area contributed by atoms with Crippen LogP contribution in [0.2, 0.25) is 0 Å². The van der Waals surface area contributed by atoms with Gasteiger partial charge in [-0.15, -0.1) is 0 Å². The Kier molecular flexibility index (Phi) is 7.14. The number of para-hydroxylation sites is 3. The number of benzene rings is 8. The number of fused-ring (bicyclic) bond motifs is 8. The van der Waals surface area contributed by atoms with Crippen molar-refractivity contribution in [1.29, 1.82) is 0 Å². The van der Waals surface area contributed by atoms with Crippen molar-refractivity contribution in [1.82, 2.24) is 19.5 Å². The number of pyridine rings is 1. The molecule has 11 rings (SSSR count). The molecule has 0 N–H and O–H groups in total. The summed E-state index contributed by atoms with van der Waals surface area (Å²) in [6.07, 6.45) is 0. The van der Waals surface area contributed by atoms with Crippen LogP contribution in [0.4, 0.5) is 0 Å². The largest absolute Gasteiger partial charge is 0.309 e. The number of hydrogen-bond donors (Lipinski definition) is 0. The molecule has 256 valence electrons. The second-order valence-corrected chi connectivity index (χ2v) is 14.0. The van der Waals surface area contributed by atoms with Gasteiger partial charge in [0.1, 0.15) is 0 Å². The summed E-state index contributed by atoms with van der Waals surface area (Å²) in [6.45, 7) is 0. The summed E-state index contributed by atoms with van der Waals surface area (Å²) >= 11 is 0. The molecule has 0 aliphatic rings. The van der Waals surface area contributed by atoms with Gasteiger partial charge in [-0.25, -0.2) is 15.0 Å². The van der Waals surface area contributed by atoms with E-state index in [0.717, 1.165) is 72.0 Å². The molecule has 0 unspecified atom stereocenters. The average molecular weight is 701 g/mol. The van der Waals surface area contributed by atoms with Gasteiger partial charge in [-0.2, -0.15) is 0 Å². The molecule has 3 aromatic heterocycles. The van der Waals surface area contributed by atoms with Gasteiger partial charge in [-0.3, -0.25) is 0 Å². The van der Waals surface area contributed by atoms with Crippen molar-refractivity contribution in [2.45, 2.75) is 0 Å². The van der Waals surface area contributed by atoms with E-state index in [4.69, 9.17) is 15.0 Å². The topological polar surface area (TPSA) is 43.6 Å². The van der Waals surface area contributed by atoms with Crippen LogP contribution >= 0.6 is 0 Å². The minimum Gasteiger partial charge on any atom is -0.309 e. The number of nitrogens with zero attached hydrogens (tertiary/aromatic N) is 4. The standard InChI is InChI=1S/C51H32N4/c1-3-14-33(15-4-1)34-26-28-36(29-27-34)49-40-21-8-11-24-44(40)53-51(54-49)37-18-13-19-38(32-37)55-45-25-12-9-22-41(45)48-46(55)31-30-42-47(48)39-20-7-10-23-43(39)52-50(42)35-16-5-2-6-17-35/h1-32H. The summed E-state index contributed by atoms with van der Waals surface area (Å²) in [6, 6.07) is 68.4. The average Bonchev–Trinajstić information content (AvgIpc) is 3.61. The maximum absolute atomic E-state index is 5.28. The van der Waals surface area contributed by atoms with E-state index >= 15 is 0 Å². The van der Waals surface area contributed by atoms with E-state index in [1.807, 2.05) is 12.1 Å². The predicted octanol–water partition coefficient (Wildman–Crippen LogP) is 13.1. The van der Waals surface area contributed by atoms with Gasteiger partial charge in [0, 0.05) is 54.7 Å². The Morgan fingerprint density at radius 2 is 0.873 bits per heavy atom. The van der Waals surface area contributed by atoms with Gasteiger partial charge >= 0.3 is 0 Å². The summed E-state index contributed by atoms with van der Waals surface area (Å²) in [4.78, 5) is 15.6. The molecule has 0 radical (unpaired) electrons. The fourth-order valence-corrected chi connectivity index (χ4v) is 8.26. The summed E-state index contributed by atoms with van der Waals surface area (Å²) in [5.41, 5.74) is 12.6. The SMILES string of the molecule is c1ccc(-c2ccc(-c3nc(-c4cccc(-n5c6ccccc6c6c7c(ccc65)c(-c5ccccc5)nc5ccccc57)c4)nc4ccccc34)cc2)cc1. The van der Waals surface area contributed by atoms with Crippen LogP contribution in [0.1, 0.15) is 0 Å². The minimum absolute atomic E-state index is 0.693. The summed E-state index contributed by atoms with van der Waals surface area (Å²) in [5.74, 6) is 0.693. The van der Waals surface area contributed by atoms with Gasteiger partial charge in [0.2, 0.25) is 0 Å². The molecule has 0 aliphatic carbocycles. The third-order valence-electron chi connectivity index (χ3n) is 10.8. The molecule has 0 saturated carbocycles. The Bertz CT molecular complexity index is 3240. The van der Waals surface area contributed by atoms with Gasteiger partial charge < -0.3 is 4.57 Å². The van der Waals surface area contributed by atoms with Crippen LogP contribution in [-0.2, 0) is 0 Å². The quantitative estimate of drug-likeness (QED) is 0.168. The molecule has 3 heterocycles. The van der Waals surface area contributed by atoms with E-state index in [1.165, 1.54) is 27.3 Å². The zero-order chi connectivity index (χ0) is 36.3. The first-order valence-corrected chi connectivity index (χ1v) is 18.6. The molecule has 0 saturated heterocycles. The van der Waals surface area contributed by atoms with Crippen LogP contribution in [0.25, 0.3) is 105 Å².